The highest BCUT2D eigenvalue weighted by Crippen LogP contribution is 2.27. The molecule has 0 aliphatic carbocycles. The zero-order chi connectivity index (χ0) is 16.8. The first-order valence-corrected chi connectivity index (χ1v) is 7.86. The standard InChI is InChI=1S/C20H19N3O/c1-15(16-11-13-21-14-12-16)22-20(24)23-19-10-6-5-9-18(19)17-7-3-2-4-8-17/h2-15H,1H3,(H2,22,23,24). The van der Waals surface area contributed by atoms with Gasteiger partial charge in [-0.2, -0.15) is 0 Å². The van der Waals surface area contributed by atoms with Crippen LogP contribution in [0.2, 0.25) is 0 Å². The molecule has 2 aromatic carbocycles. The van der Waals surface area contributed by atoms with E-state index in [9.17, 15) is 4.79 Å². The molecule has 0 radical (unpaired) electrons. The minimum Gasteiger partial charge on any atom is -0.331 e. The SMILES string of the molecule is CC(NC(=O)Nc1ccccc1-c1ccccc1)c1ccncc1. The second-order valence-electron chi connectivity index (χ2n) is 5.51. The molecule has 0 bridgehead atoms. The van der Waals surface area contributed by atoms with Crippen LogP contribution in [0.4, 0.5) is 10.5 Å². The molecule has 0 aliphatic rings. The molecule has 0 fully saturated rings. The number of carbonyl (C=O) groups excluding carboxylic acids is 1. The van der Waals surface area contributed by atoms with Crippen molar-refractivity contribution >= 4 is 11.7 Å². The summed E-state index contributed by atoms with van der Waals surface area (Å²) in [5.41, 5.74) is 3.85. The van der Waals surface area contributed by atoms with Crippen LogP contribution < -0.4 is 10.6 Å². The zero-order valence-electron chi connectivity index (χ0n) is 13.4. The first-order valence-electron chi connectivity index (χ1n) is 7.86. The van der Waals surface area contributed by atoms with Crippen molar-refractivity contribution in [1.82, 2.24) is 10.3 Å². The van der Waals surface area contributed by atoms with Crippen LogP contribution in [0.25, 0.3) is 11.1 Å². The van der Waals surface area contributed by atoms with E-state index in [-0.39, 0.29) is 12.1 Å². The Labute approximate surface area is 141 Å². The number of carbonyl (C=O) groups is 1. The van der Waals surface area contributed by atoms with Crippen molar-refractivity contribution in [3.8, 4) is 11.1 Å². The summed E-state index contributed by atoms with van der Waals surface area (Å²) in [7, 11) is 0. The fourth-order valence-electron chi connectivity index (χ4n) is 2.55. The summed E-state index contributed by atoms with van der Waals surface area (Å²) < 4.78 is 0. The van der Waals surface area contributed by atoms with Gasteiger partial charge in [-0.15, -0.1) is 0 Å². The van der Waals surface area contributed by atoms with E-state index in [2.05, 4.69) is 15.6 Å². The molecule has 1 heterocycles. The van der Waals surface area contributed by atoms with Crippen molar-refractivity contribution in [2.75, 3.05) is 5.32 Å². The van der Waals surface area contributed by atoms with E-state index in [4.69, 9.17) is 0 Å². The van der Waals surface area contributed by atoms with E-state index in [0.29, 0.717) is 0 Å². The molecule has 4 nitrogen and oxygen atoms in total. The number of hydrogen-bond donors (Lipinski definition) is 2. The van der Waals surface area contributed by atoms with E-state index in [1.54, 1.807) is 12.4 Å². The van der Waals surface area contributed by atoms with Crippen LogP contribution >= 0.6 is 0 Å². The molecule has 0 spiro atoms. The van der Waals surface area contributed by atoms with E-state index in [1.165, 1.54) is 0 Å². The number of amides is 2. The molecule has 4 heteroatoms. The van der Waals surface area contributed by atoms with Crippen molar-refractivity contribution in [2.24, 2.45) is 0 Å². The van der Waals surface area contributed by atoms with Crippen molar-refractivity contribution in [3.05, 3.63) is 84.7 Å². The Balaban J connectivity index is 1.74. The molecule has 1 unspecified atom stereocenters. The third-order valence-corrected chi connectivity index (χ3v) is 3.81. The Hall–Kier alpha value is -3.14. The lowest BCUT2D eigenvalue weighted by atomic mass is 10.0. The highest BCUT2D eigenvalue weighted by molar-refractivity contribution is 5.94. The van der Waals surface area contributed by atoms with E-state index in [1.807, 2.05) is 73.7 Å². The van der Waals surface area contributed by atoms with Gasteiger partial charge in [-0.05, 0) is 36.2 Å². The number of anilines is 1. The van der Waals surface area contributed by atoms with Gasteiger partial charge in [-0.1, -0.05) is 48.5 Å². The van der Waals surface area contributed by atoms with Crippen LogP contribution in [0.1, 0.15) is 18.5 Å². The Morgan fingerprint density at radius 1 is 0.917 bits per heavy atom. The number of rotatable bonds is 4. The maximum Gasteiger partial charge on any atom is 0.319 e. The Morgan fingerprint density at radius 2 is 1.58 bits per heavy atom. The van der Waals surface area contributed by atoms with Gasteiger partial charge >= 0.3 is 6.03 Å². The number of nitrogens with zero attached hydrogens (tertiary/aromatic N) is 1. The fraction of sp³-hybridized carbons (Fsp3) is 0.100. The second kappa shape index (κ2) is 7.42. The van der Waals surface area contributed by atoms with Crippen molar-refractivity contribution < 1.29 is 4.79 Å². The molecule has 2 amide bonds. The normalized spacial score (nSPS) is 11.5. The Morgan fingerprint density at radius 3 is 2.33 bits per heavy atom. The molecule has 0 aliphatic heterocycles. The van der Waals surface area contributed by atoms with Crippen molar-refractivity contribution in [2.45, 2.75) is 13.0 Å². The molecular formula is C20H19N3O. The fourth-order valence-corrected chi connectivity index (χ4v) is 2.55. The van der Waals surface area contributed by atoms with Gasteiger partial charge < -0.3 is 10.6 Å². The van der Waals surface area contributed by atoms with Crippen LogP contribution in [0.3, 0.4) is 0 Å². The predicted octanol–water partition coefficient (Wildman–Crippen LogP) is 4.63. The largest absolute Gasteiger partial charge is 0.331 e. The summed E-state index contributed by atoms with van der Waals surface area (Å²) in [6.07, 6.45) is 3.44. The smallest absolute Gasteiger partial charge is 0.319 e. The van der Waals surface area contributed by atoms with E-state index < -0.39 is 0 Å². The Bertz CT molecular complexity index is 803. The first-order chi connectivity index (χ1) is 11.7. The van der Waals surface area contributed by atoms with Gasteiger partial charge in [0.05, 0.1) is 11.7 Å². The lowest BCUT2D eigenvalue weighted by Gasteiger charge is -2.16. The number of pyridine rings is 1. The lowest BCUT2D eigenvalue weighted by molar-refractivity contribution is 0.249. The number of para-hydroxylation sites is 1. The monoisotopic (exact) mass is 317 g/mol. The summed E-state index contributed by atoms with van der Waals surface area (Å²) in [5.74, 6) is 0. The highest BCUT2D eigenvalue weighted by atomic mass is 16.2. The summed E-state index contributed by atoms with van der Waals surface area (Å²) >= 11 is 0. The molecule has 1 aromatic heterocycles. The van der Waals surface area contributed by atoms with Gasteiger partial charge in [0.25, 0.3) is 0 Å². The summed E-state index contributed by atoms with van der Waals surface area (Å²) in [6, 6.07) is 21.2. The summed E-state index contributed by atoms with van der Waals surface area (Å²) in [5, 5.41) is 5.89. The number of urea groups is 1. The van der Waals surface area contributed by atoms with E-state index >= 15 is 0 Å². The van der Waals surface area contributed by atoms with Gasteiger partial charge in [-0.3, -0.25) is 4.98 Å². The molecule has 24 heavy (non-hydrogen) atoms. The lowest BCUT2D eigenvalue weighted by Crippen LogP contribution is -2.31. The summed E-state index contributed by atoms with van der Waals surface area (Å²) in [4.78, 5) is 16.3. The van der Waals surface area contributed by atoms with Gasteiger partial charge in [0.15, 0.2) is 0 Å². The minimum atomic E-state index is -0.234. The number of benzene rings is 2. The third-order valence-electron chi connectivity index (χ3n) is 3.81. The van der Waals surface area contributed by atoms with E-state index in [0.717, 1.165) is 22.4 Å². The van der Waals surface area contributed by atoms with Crippen LogP contribution in [0.5, 0.6) is 0 Å². The van der Waals surface area contributed by atoms with Gasteiger partial charge in [0.2, 0.25) is 0 Å². The third kappa shape index (κ3) is 3.79. The van der Waals surface area contributed by atoms with Crippen molar-refractivity contribution in [3.63, 3.8) is 0 Å². The number of hydrogen-bond acceptors (Lipinski definition) is 2. The van der Waals surface area contributed by atoms with Gasteiger partial charge in [0.1, 0.15) is 0 Å². The predicted molar refractivity (Wildman–Crippen MR) is 96.7 cm³/mol. The molecule has 0 saturated carbocycles. The first kappa shape index (κ1) is 15.7. The molecular weight excluding hydrogens is 298 g/mol. The molecule has 1 atom stereocenters. The average Bonchev–Trinajstić information content (AvgIpc) is 2.63. The number of aromatic nitrogens is 1. The molecule has 3 rings (SSSR count). The molecule has 0 saturated heterocycles. The van der Waals surface area contributed by atoms with Crippen LogP contribution in [0.15, 0.2) is 79.1 Å². The number of nitrogens with one attached hydrogen (secondary N) is 2. The van der Waals surface area contributed by atoms with Gasteiger partial charge in [0, 0.05) is 18.0 Å². The zero-order valence-corrected chi connectivity index (χ0v) is 13.4. The van der Waals surface area contributed by atoms with Crippen LogP contribution in [-0.2, 0) is 0 Å². The minimum absolute atomic E-state index is 0.100. The maximum atomic E-state index is 12.3. The van der Waals surface area contributed by atoms with Crippen LogP contribution in [-0.4, -0.2) is 11.0 Å². The Kier molecular flexibility index (Phi) is 4.87. The summed E-state index contributed by atoms with van der Waals surface area (Å²) in [6.45, 7) is 1.94. The molecule has 3 aromatic rings. The highest BCUT2D eigenvalue weighted by Gasteiger charge is 2.11. The molecule has 120 valence electrons. The van der Waals surface area contributed by atoms with Crippen molar-refractivity contribution in [1.29, 1.82) is 0 Å². The average molecular weight is 317 g/mol. The topological polar surface area (TPSA) is 54.0 Å². The van der Waals surface area contributed by atoms with Gasteiger partial charge in [-0.25, -0.2) is 4.79 Å². The quantitative estimate of drug-likeness (QED) is 0.737. The maximum absolute atomic E-state index is 12.3. The molecule has 2 N–H and O–H groups in total. The van der Waals surface area contributed by atoms with Crippen LogP contribution in [0, 0.1) is 0 Å². The second-order valence-corrected chi connectivity index (χ2v) is 5.51.